The Balaban J connectivity index is 1.61. The van der Waals surface area contributed by atoms with E-state index in [-0.39, 0.29) is 92.0 Å². The molecule has 6 N–H and O–H groups in total. The Morgan fingerprint density at radius 2 is 0.698 bits per heavy atom. The molecule has 0 radical (unpaired) electrons. The van der Waals surface area contributed by atoms with Crippen molar-refractivity contribution in [1.29, 1.82) is 0 Å². The number of phenols is 5. The fourth-order valence-corrected chi connectivity index (χ4v) is 7.62. The van der Waals surface area contributed by atoms with Gasteiger partial charge in [0, 0.05) is 0 Å². The van der Waals surface area contributed by atoms with Crippen molar-refractivity contribution < 1.29 is 53.7 Å². The van der Waals surface area contributed by atoms with Crippen LogP contribution in [0.15, 0.2) is 130 Å². The quantitative estimate of drug-likeness (QED) is 0.0646. The van der Waals surface area contributed by atoms with E-state index in [2.05, 4.69) is 13.9 Å². The highest BCUT2D eigenvalue weighted by Crippen LogP contribution is 2.65. The van der Waals surface area contributed by atoms with Crippen LogP contribution in [0.25, 0.3) is 0 Å². The van der Waals surface area contributed by atoms with Gasteiger partial charge in [-0.2, -0.15) is 13.9 Å². The third-order valence-electron chi connectivity index (χ3n) is 7.14. The zero-order chi connectivity index (χ0) is 36.7. The number of para-hydroxylation sites is 10. The van der Waals surface area contributed by atoms with Gasteiger partial charge in [-0.15, -0.1) is 0 Å². The van der Waals surface area contributed by atoms with Crippen molar-refractivity contribution in [1.82, 2.24) is 4.86 Å². The molecule has 0 spiro atoms. The maximum absolute atomic E-state index is 10.9. The molecule has 0 bridgehead atoms. The number of rotatable bonds is 12. The number of phenolic OH excluding ortho intramolecular Hbond substituents is 5. The van der Waals surface area contributed by atoms with Crippen LogP contribution in [-0.4, -0.2) is 25.5 Å². The highest BCUT2D eigenvalue weighted by molar-refractivity contribution is 7.64. The molecule has 0 fully saturated rings. The van der Waals surface area contributed by atoms with Crippen LogP contribution in [0.5, 0.6) is 92.0 Å². The van der Waals surface area contributed by atoms with Crippen LogP contribution in [-0.2, 0) is 0 Å². The van der Waals surface area contributed by atoms with Crippen LogP contribution < -0.4 is 33.1 Å². The first kappa shape index (κ1) is 35.1. The molecule has 6 aromatic rings. The Kier molecular flexibility index (Phi) is 10.6. The fraction of sp³-hybridized carbons (Fsp3) is 0. The Hall–Kier alpha value is -6.29. The van der Waals surface area contributed by atoms with Crippen molar-refractivity contribution in [3.8, 4) is 92.0 Å². The van der Waals surface area contributed by atoms with Crippen LogP contribution in [0.2, 0.25) is 0 Å². The van der Waals surface area contributed by atoms with E-state index < -0.39 is 8.45 Å². The van der Waals surface area contributed by atoms with Crippen LogP contribution >= 0.6 is 25.5 Å². The minimum Gasteiger partial charge on any atom is -0.504 e. The van der Waals surface area contributed by atoms with Crippen LogP contribution in [0, 0.1) is 0 Å². The van der Waals surface area contributed by atoms with Crippen molar-refractivity contribution in [2.75, 3.05) is 0 Å². The van der Waals surface area contributed by atoms with Crippen molar-refractivity contribution in [2.24, 2.45) is 9.03 Å². The number of nitrogens with one attached hydrogen (secondary N) is 1. The van der Waals surface area contributed by atoms with Crippen molar-refractivity contribution in [3.05, 3.63) is 121 Å². The smallest absolute Gasteiger partial charge is 0.311 e. The van der Waals surface area contributed by atoms with Crippen LogP contribution in [0.3, 0.4) is 0 Å². The summed E-state index contributed by atoms with van der Waals surface area (Å²) in [7, 11) is -1.05. The van der Waals surface area contributed by atoms with E-state index >= 15 is 0 Å². The molecule has 1 atom stereocenters. The highest BCUT2D eigenvalue weighted by Gasteiger charge is 2.37. The lowest BCUT2D eigenvalue weighted by Gasteiger charge is -2.26. The number of hydrogen-bond acceptors (Lipinski definition) is 14. The molecule has 0 saturated carbocycles. The molecule has 1 aliphatic rings. The average Bonchev–Trinajstić information content (AvgIpc) is 3.16. The molecular weight excluding hydrogens is 743 g/mol. The van der Waals surface area contributed by atoms with Crippen LogP contribution in [0.4, 0.5) is 0 Å². The van der Waals surface area contributed by atoms with Crippen molar-refractivity contribution in [2.45, 2.75) is 0 Å². The molecule has 6 aromatic carbocycles. The molecule has 53 heavy (non-hydrogen) atoms. The number of benzene rings is 6. The predicted octanol–water partition coefficient (Wildman–Crippen LogP) is 11.5. The van der Waals surface area contributed by atoms with Crippen molar-refractivity contribution >= 4 is 25.5 Å². The molecule has 0 aliphatic carbocycles. The zero-order valence-corrected chi connectivity index (χ0v) is 29.7. The van der Waals surface area contributed by atoms with E-state index in [1.165, 1.54) is 60.7 Å². The summed E-state index contributed by atoms with van der Waals surface area (Å²) in [5.74, 6) is -3.50. The average molecular weight is 770 g/mol. The first-order valence-electron chi connectivity index (χ1n) is 15.4. The lowest BCUT2D eigenvalue weighted by Crippen LogP contribution is -2.05. The Morgan fingerprint density at radius 3 is 0.962 bits per heavy atom. The maximum Gasteiger partial charge on any atom is 0.311 e. The van der Waals surface area contributed by atoms with Gasteiger partial charge in [0.2, 0.25) is 34.5 Å². The molecule has 0 saturated heterocycles. The summed E-state index contributed by atoms with van der Waals surface area (Å²) in [6, 6.07) is 30.4. The summed E-state index contributed by atoms with van der Waals surface area (Å²) in [5.41, 5.74) is 0. The first-order valence-corrected chi connectivity index (χ1v) is 18.3. The molecule has 0 aromatic heterocycles. The zero-order valence-electron chi connectivity index (χ0n) is 27.0. The van der Waals surface area contributed by atoms with E-state index in [1.54, 1.807) is 60.7 Å². The summed E-state index contributed by atoms with van der Waals surface area (Å²) in [6.45, 7) is 0. The predicted molar refractivity (Wildman–Crippen MR) is 197 cm³/mol. The standard InChI is InChI=1S/C36H26N3O11P3/c40-21-11-1-6-16-26(21)45-31-32(46-27-17-7-2-12-22(27)41)34(48-29-19-9-4-14-24(29)43)36(50-53-38-51-37-52-39-53)35(49-30-20-10-5-15-25(30)44)33(31)47-28-18-8-3-13-23(28)42/h1-20,40-44H,(H,37,38,39). The van der Waals surface area contributed by atoms with E-state index in [0.717, 1.165) is 0 Å². The minimum absolute atomic E-state index is 0.0663. The summed E-state index contributed by atoms with van der Waals surface area (Å²) in [5, 5.41) is 54.5. The third kappa shape index (κ3) is 7.97. The molecule has 14 nitrogen and oxygen atoms in total. The van der Waals surface area contributed by atoms with Crippen LogP contribution in [0.1, 0.15) is 0 Å². The fourth-order valence-electron chi connectivity index (χ4n) is 4.71. The summed E-state index contributed by atoms with van der Waals surface area (Å²) in [6.07, 6.45) is 0. The van der Waals surface area contributed by atoms with E-state index in [4.69, 9.17) is 28.2 Å². The Labute approximate surface area is 305 Å². The van der Waals surface area contributed by atoms with E-state index in [0.29, 0.717) is 17.0 Å². The van der Waals surface area contributed by atoms with Gasteiger partial charge >= 0.3 is 8.45 Å². The summed E-state index contributed by atoms with van der Waals surface area (Å²) < 4.78 is 47.1. The SMILES string of the molecule is Oc1ccccc1Oc1c(Oc2ccccc2O)c(Oc2ccccc2O)c(OP2N=PN=PN2)c(Oc2ccccc2O)c1Oc1ccccc1O. The molecule has 266 valence electrons. The topological polar surface area (TPSA) is 193 Å². The van der Waals surface area contributed by atoms with Gasteiger partial charge in [0.25, 0.3) is 0 Å². The molecule has 17 heteroatoms. The maximum atomic E-state index is 10.9. The first-order chi connectivity index (χ1) is 25.9. The molecule has 1 heterocycles. The number of hydrogen-bond donors (Lipinski definition) is 6. The number of nitrogens with zero attached hydrogens (tertiary/aromatic N) is 2. The van der Waals surface area contributed by atoms with Crippen molar-refractivity contribution in [3.63, 3.8) is 0 Å². The van der Waals surface area contributed by atoms with Gasteiger partial charge in [-0.1, -0.05) is 60.7 Å². The van der Waals surface area contributed by atoms with Gasteiger partial charge < -0.3 is 53.7 Å². The molecule has 1 unspecified atom stereocenters. The molecular formula is C36H26N3O11P3. The van der Waals surface area contributed by atoms with Gasteiger partial charge in [-0.25, -0.2) is 0 Å². The summed E-state index contributed by atoms with van der Waals surface area (Å²) in [4.78, 5) is 3.03. The Bertz CT molecular complexity index is 2220. The second-order valence-electron chi connectivity index (χ2n) is 10.7. The van der Waals surface area contributed by atoms with Gasteiger partial charge in [0.15, 0.2) is 66.0 Å². The molecule has 1 aliphatic heterocycles. The normalized spacial score (nSPS) is 13.8. The minimum atomic E-state index is -1.88. The Morgan fingerprint density at radius 1 is 0.415 bits per heavy atom. The molecule has 0 amide bonds. The van der Waals surface area contributed by atoms with E-state index in [9.17, 15) is 25.5 Å². The largest absolute Gasteiger partial charge is 0.504 e. The second kappa shape index (κ2) is 15.9. The van der Waals surface area contributed by atoms with E-state index in [1.807, 2.05) is 0 Å². The molecule has 7 rings (SSSR count). The van der Waals surface area contributed by atoms with Gasteiger partial charge in [0.05, 0.1) is 0 Å². The van der Waals surface area contributed by atoms with Gasteiger partial charge in [-0.05, 0) is 60.7 Å². The third-order valence-corrected chi connectivity index (χ3v) is 10.2. The lowest BCUT2D eigenvalue weighted by atomic mass is 10.2. The van der Waals surface area contributed by atoms with Gasteiger partial charge in [-0.3, -0.25) is 0 Å². The highest BCUT2D eigenvalue weighted by atomic mass is 31.2. The second-order valence-corrected chi connectivity index (χ2v) is 14.0. The monoisotopic (exact) mass is 769 g/mol. The van der Waals surface area contributed by atoms with Gasteiger partial charge in [0.1, 0.15) is 8.52 Å². The lowest BCUT2D eigenvalue weighted by molar-refractivity contribution is 0.316. The summed E-state index contributed by atoms with van der Waals surface area (Å²) >= 11 is 0. The number of ether oxygens (including phenoxy) is 5. The number of aromatic hydroxyl groups is 5.